The fourth-order valence-corrected chi connectivity index (χ4v) is 7.29. The first-order chi connectivity index (χ1) is 18.6. The molecule has 184 valence electrons. The number of nitro groups is 1. The molecule has 0 aliphatic heterocycles. The van der Waals surface area contributed by atoms with E-state index in [1.54, 1.807) is 12.1 Å². The normalized spacial score (nSPS) is 26.2. The highest BCUT2D eigenvalue weighted by atomic mass is 16.6. The summed E-state index contributed by atoms with van der Waals surface area (Å²) < 4.78 is 0. The number of benzene rings is 4. The van der Waals surface area contributed by atoms with Gasteiger partial charge in [0, 0.05) is 35.4 Å². The van der Waals surface area contributed by atoms with Gasteiger partial charge < -0.3 is 0 Å². The zero-order valence-electron chi connectivity index (χ0n) is 20.6. The summed E-state index contributed by atoms with van der Waals surface area (Å²) in [5.74, 6) is 0.280. The molecular weight excluding hydrogens is 470 g/mol. The molecule has 5 atom stereocenters. The number of carbonyl (C=O) groups is 1. The van der Waals surface area contributed by atoms with Crippen molar-refractivity contribution in [1.82, 2.24) is 0 Å². The predicted molar refractivity (Wildman–Crippen MR) is 148 cm³/mol. The molecule has 0 heterocycles. The maximum Gasteiger partial charge on any atom is 0.269 e. The molecule has 4 aromatic carbocycles. The Balaban J connectivity index is 1.48. The average Bonchev–Trinajstić information content (AvgIpc) is 3.59. The number of Topliss-reactive ketones (excluding diaryl/α,β-unsaturated/α-hetero) is 1. The van der Waals surface area contributed by atoms with Gasteiger partial charge >= 0.3 is 0 Å². The van der Waals surface area contributed by atoms with E-state index < -0.39 is 5.41 Å². The predicted octanol–water partition coefficient (Wildman–Crippen LogP) is 7.50. The lowest BCUT2D eigenvalue weighted by Crippen LogP contribution is -2.30. The highest BCUT2D eigenvalue weighted by Gasteiger charge is 2.80. The van der Waals surface area contributed by atoms with Gasteiger partial charge in [0.25, 0.3) is 5.69 Å². The van der Waals surface area contributed by atoms with Crippen molar-refractivity contribution >= 4 is 17.0 Å². The van der Waals surface area contributed by atoms with Gasteiger partial charge in [0.1, 0.15) is 0 Å². The SMILES string of the molecule is O=C(c1ccccc1)[C@@]12C3C(=C(c4ccccc4)c4ccccc4)[C@@H](C=C[C@@H]31)[C@H]2c1ccc([N+](=O)[O-])cc1. The number of nitro benzene ring substituents is 1. The average molecular weight is 496 g/mol. The summed E-state index contributed by atoms with van der Waals surface area (Å²) in [6, 6.07) is 37.3. The first kappa shape index (κ1) is 22.6. The lowest BCUT2D eigenvalue weighted by Gasteiger charge is -2.33. The molecule has 8 rings (SSSR count). The molecule has 4 heteroatoms. The molecule has 0 amide bonds. The number of nitrogens with zero attached hydrogens (tertiary/aromatic N) is 1. The Morgan fingerprint density at radius 2 is 1.18 bits per heavy atom. The number of hydrogen-bond donors (Lipinski definition) is 0. The Kier molecular flexibility index (Phi) is 5.05. The molecule has 0 saturated heterocycles. The summed E-state index contributed by atoms with van der Waals surface area (Å²) in [5, 5.41) is 11.4. The Morgan fingerprint density at radius 1 is 0.658 bits per heavy atom. The van der Waals surface area contributed by atoms with Crippen LogP contribution in [0.25, 0.3) is 5.57 Å². The molecule has 4 nitrogen and oxygen atoms in total. The van der Waals surface area contributed by atoms with Crippen LogP contribution in [0.3, 0.4) is 0 Å². The summed E-state index contributed by atoms with van der Waals surface area (Å²) in [7, 11) is 0. The fraction of sp³-hybridized carbons (Fsp3) is 0.147. The molecule has 0 spiro atoms. The van der Waals surface area contributed by atoms with E-state index in [4.69, 9.17) is 0 Å². The zero-order chi connectivity index (χ0) is 25.9. The number of allylic oxidation sites excluding steroid dienone is 3. The summed E-state index contributed by atoms with van der Waals surface area (Å²) in [4.78, 5) is 25.4. The molecule has 2 fully saturated rings. The van der Waals surface area contributed by atoms with Crippen LogP contribution >= 0.6 is 0 Å². The van der Waals surface area contributed by atoms with Crippen LogP contribution in [-0.4, -0.2) is 10.7 Å². The Morgan fingerprint density at radius 3 is 1.71 bits per heavy atom. The number of hydrogen-bond acceptors (Lipinski definition) is 3. The van der Waals surface area contributed by atoms with Crippen LogP contribution in [-0.2, 0) is 0 Å². The van der Waals surface area contributed by atoms with E-state index in [1.807, 2.05) is 54.6 Å². The van der Waals surface area contributed by atoms with Crippen LogP contribution < -0.4 is 0 Å². The lowest BCUT2D eigenvalue weighted by atomic mass is 9.68. The minimum atomic E-state index is -0.596. The molecule has 4 aliphatic rings. The summed E-state index contributed by atoms with van der Waals surface area (Å²) in [5.41, 5.74) is 5.97. The van der Waals surface area contributed by atoms with Crippen molar-refractivity contribution in [1.29, 1.82) is 0 Å². The van der Waals surface area contributed by atoms with Crippen molar-refractivity contribution in [2.75, 3.05) is 0 Å². The van der Waals surface area contributed by atoms with E-state index in [0.29, 0.717) is 0 Å². The number of carbonyl (C=O) groups excluding carboxylic acids is 1. The lowest BCUT2D eigenvalue weighted by molar-refractivity contribution is -0.384. The second-order valence-corrected chi connectivity index (χ2v) is 10.4. The first-order valence-electron chi connectivity index (χ1n) is 13.0. The number of rotatable bonds is 6. The van der Waals surface area contributed by atoms with E-state index in [1.165, 1.54) is 11.1 Å². The summed E-state index contributed by atoms with van der Waals surface area (Å²) in [6.07, 6.45) is 4.52. The molecular formula is C34H25NO3. The van der Waals surface area contributed by atoms with Crippen molar-refractivity contribution in [2.45, 2.75) is 5.92 Å². The first-order valence-corrected chi connectivity index (χ1v) is 13.0. The van der Waals surface area contributed by atoms with Gasteiger partial charge in [0.05, 0.1) is 10.3 Å². The molecule has 0 radical (unpaired) electrons. The minimum Gasteiger partial charge on any atom is -0.293 e. The van der Waals surface area contributed by atoms with Crippen LogP contribution in [0, 0.1) is 33.3 Å². The topological polar surface area (TPSA) is 60.2 Å². The summed E-state index contributed by atoms with van der Waals surface area (Å²) in [6.45, 7) is 0. The molecule has 1 unspecified atom stereocenters. The Hall–Kier alpha value is -4.57. The molecule has 38 heavy (non-hydrogen) atoms. The zero-order valence-corrected chi connectivity index (χ0v) is 20.6. The maximum absolute atomic E-state index is 14.4. The van der Waals surface area contributed by atoms with Crippen molar-refractivity contribution in [2.24, 2.45) is 23.2 Å². The van der Waals surface area contributed by atoms with Gasteiger partial charge in [-0.2, -0.15) is 0 Å². The van der Waals surface area contributed by atoms with Gasteiger partial charge in [0.2, 0.25) is 0 Å². The smallest absolute Gasteiger partial charge is 0.269 e. The Labute approximate surface area is 221 Å². The third-order valence-electron chi connectivity index (χ3n) is 8.72. The third kappa shape index (κ3) is 3.13. The monoisotopic (exact) mass is 495 g/mol. The Bertz CT molecular complexity index is 1570. The molecule has 0 aromatic heterocycles. The molecule has 4 bridgehead atoms. The van der Waals surface area contributed by atoms with Crippen LogP contribution in [0.5, 0.6) is 0 Å². The fourth-order valence-electron chi connectivity index (χ4n) is 7.29. The van der Waals surface area contributed by atoms with E-state index in [0.717, 1.165) is 22.3 Å². The van der Waals surface area contributed by atoms with Crippen molar-refractivity contribution in [3.8, 4) is 0 Å². The van der Waals surface area contributed by atoms with Gasteiger partial charge in [-0.25, -0.2) is 0 Å². The van der Waals surface area contributed by atoms with Crippen molar-refractivity contribution < 1.29 is 9.72 Å². The summed E-state index contributed by atoms with van der Waals surface area (Å²) >= 11 is 0. The van der Waals surface area contributed by atoms with Gasteiger partial charge in [-0.15, -0.1) is 0 Å². The van der Waals surface area contributed by atoms with Gasteiger partial charge in [-0.3, -0.25) is 14.9 Å². The van der Waals surface area contributed by atoms with E-state index >= 15 is 0 Å². The largest absolute Gasteiger partial charge is 0.293 e. The van der Waals surface area contributed by atoms with Gasteiger partial charge in [-0.05, 0) is 33.8 Å². The standard InChI is InChI=1S/C34H25NO3/c36-33(25-14-8-3-9-15-25)34-28-21-20-27(31(34)24-16-18-26(19-17-24)35(37)38)30(32(28)34)29(22-10-4-1-5-11-22)23-12-6-2-7-13-23/h1-21,27-28,31-32H/t27-,28+,31-,32?,34+/m1/s1. The van der Waals surface area contributed by atoms with E-state index in [2.05, 4.69) is 60.7 Å². The van der Waals surface area contributed by atoms with Crippen molar-refractivity contribution in [3.05, 3.63) is 165 Å². The molecule has 2 saturated carbocycles. The second kappa shape index (κ2) is 8.49. The molecule has 4 aromatic rings. The molecule has 0 N–H and O–H groups in total. The van der Waals surface area contributed by atoms with Gasteiger partial charge in [-0.1, -0.05) is 115 Å². The number of ketones is 1. The van der Waals surface area contributed by atoms with Crippen LogP contribution in [0.4, 0.5) is 5.69 Å². The quantitative estimate of drug-likeness (QED) is 0.120. The number of non-ortho nitro benzene ring substituents is 1. The van der Waals surface area contributed by atoms with Crippen molar-refractivity contribution in [3.63, 3.8) is 0 Å². The minimum absolute atomic E-state index is 0.0227. The third-order valence-corrected chi connectivity index (χ3v) is 8.72. The highest BCUT2D eigenvalue weighted by Crippen LogP contribution is 2.82. The molecule has 4 aliphatic carbocycles. The second-order valence-electron chi connectivity index (χ2n) is 10.4. The van der Waals surface area contributed by atoms with E-state index in [-0.39, 0.29) is 40.1 Å². The maximum atomic E-state index is 14.4. The van der Waals surface area contributed by atoms with E-state index in [9.17, 15) is 14.9 Å². The highest BCUT2D eigenvalue weighted by molar-refractivity contribution is 6.07. The van der Waals surface area contributed by atoms with Crippen LogP contribution in [0.15, 0.2) is 133 Å². The van der Waals surface area contributed by atoms with Crippen LogP contribution in [0.1, 0.15) is 33.0 Å². The van der Waals surface area contributed by atoms with Gasteiger partial charge in [0.15, 0.2) is 5.78 Å². The van der Waals surface area contributed by atoms with Crippen LogP contribution in [0.2, 0.25) is 0 Å².